The first-order valence-electron chi connectivity index (χ1n) is 5.25. The SMILES string of the molecule is Nc1ccnc(Oc2ccccc2CCO)n1. The zero-order valence-corrected chi connectivity index (χ0v) is 9.21. The van der Waals surface area contributed by atoms with Crippen LogP contribution in [0.2, 0.25) is 0 Å². The normalized spacial score (nSPS) is 10.2. The molecule has 0 saturated carbocycles. The molecule has 0 aliphatic heterocycles. The number of nitrogens with zero attached hydrogens (tertiary/aromatic N) is 2. The van der Waals surface area contributed by atoms with E-state index < -0.39 is 0 Å². The van der Waals surface area contributed by atoms with Gasteiger partial charge in [-0.2, -0.15) is 4.98 Å². The summed E-state index contributed by atoms with van der Waals surface area (Å²) >= 11 is 0. The van der Waals surface area contributed by atoms with Gasteiger partial charge in [-0.3, -0.25) is 0 Å². The Morgan fingerprint density at radius 2 is 2.06 bits per heavy atom. The molecule has 0 atom stereocenters. The first-order valence-corrected chi connectivity index (χ1v) is 5.25. The topological polar surface area (TPSA) is 81.3 Å². The summed E-state index contributed by atoms with van der Waals surface area (Å²) in [6, 6.07) is 9.22. The number of nitrogen functional groups attached to an aromatic ring is 1. The number of nitrogens with two attached hydrogens (primary N) is 1. The van der Waals surface area contributed by atoms with Crippen LogP contribution < -0.4 is 10.5 Å². The van der Waals surface area contributed by atoms with Crippen molar-refractivity contribution in [3.8, 4) is 11.8 Å². The number of aliphatic hydroxyl groups excluding tert-OH is 1. The molecule has 5 heteroatoms. The van der Waals surface area contributed by atoms with Gasteiger partial charge in [0.25, 0.3) is 0 Å². The van der Waals surface area contributed by atoms with E-state index in [1.54, 1.807) is 12.1 Å². The van der Waals surface area contributed by atoms with E-state index >= 15 is 0 Å². The zero-order chi connectivity index (χ0) is 12.1. The van der Waals surface area contributed by atoms with Crippen LogP contribution in [-0.2, 0) is 6.42 Å². The van der Waals surface area contributed by atoms with Gasteiger partial charge in [0.1, 0.15) is 11.6 Å². The van der Waals surface area contributed by atoms with Gasteiger partial charge in [-0.15, -0.1) is 0 Å². The number of aromatic nitrogens is 2. The van der Waals surface area contributed by atoms with Crippen molar-refractivity contribution in [2.24, 2.45) is 0 Å². The molecule has 0 aliphatic rings. The number of benzene rings is 1. The van der Waals surface area contributed by atoms with E-state index in [2.05, 4.69) is 9.97 Å². The molecule has 0 bridgehead atoms. The fraction of sp³-hybridized carbons (Fsp3) is 0.167. The van der Waals surface area contributed by atoms with Crippen LogP contribution in [0.5, 0.6) is 11.8 Å². The molecule has 88 valence electrons. The summed E-state index contributed by atoms with van der Waals surface area (Å²) in [7, 11) is 0. The van der Waals surface area contributed by atoms with E-state index in [9.17, 15) is 0 Å². The van der Waals surface area contributed by atoms with Gasteiger partial charge in [0.05, 0.1) is 0 Å². The third-order valence-corrected chi connectivity index (χ3v) is 2.21. The summed E-state index contributed by atoms with van der Waals surface area (Å²) < 4.78 is 5.53. The molecule has 1 aromatic carbocycles. The van der Waals surface area contributed by atoms with Crippen molar-refractivity contribution in [2.75, 3.05) is 12.3 Å². The highest BCUT2D eigenvalue weighted by Crippen LogP contribution is 2.23. The van der Waals surface area contributed by atoms with Crippen molar-refractivity contribution < 1.29 is 9.84 Å². The first-order chi connectivity index (χ1) is 8.29. The third kappa shape index (κ3) is 2.92. The van der Waals surface area contributed by atoms with Crippen LogP contribution in [0.3, 0.4) is 0 Å². The van der Waals surface area contributed by atoms with Gasteiger partial charge in [-0.25, -0.2) is 4.98 Å². The minimum absolute atomic E-state index is 0.0676. The van der Waals surface area contributed by atoms with E-state index in [0.29, 0.717) is 18.0 Å². The Bertz CT molecular complexity index is 503. The molecule has 0 fully saturated rings. The summed E-state index contributed by atoms with van der Waals surface area (Å²) in [5, 5.41) is 8.95. The Morgan fingerprint density at radius 1 is 1.24 bits per heavy atom. The second-order valence-electron chi connectivity index (χ2n) is 3.45. The van der Waals surface area contributed by atoms with Crippen LogP contribution in [0.25, 0.3) is 0 Å². The summed E-state index contributed by atoms with van der Waals surface area (Å²) in [5.41, 5.74) is 6.44. The fourth-order valence-electron chi connectivity index (χ4n) is 1.43. The van der Waals surface area contributed by atoms with Gasteiger partial charge in [-0.05, 0) is 24.1 Å². The lowest BCUT2D eigenvalue weighted by molar-refractivity contribution is 0.297. The molecule has 2 rings (SSSR count). The average molecular weight is 231 g/mol. The minimum atomic E-state index is 0.0676. The second-order valence-corrected chi connectivity index (χ2v) is 3.45. The number of ether oxygens (including phenoxy) is 1. The molecule has 1 aromatic heterocycles. The summed E-state index contributed by atoms with van der Waals surface area (Å²) in [5.74, 6) is 0.988. The highest BCUT2D eigenvalue weighted by Gasteiger charge is 2.05. The molecule has 17 heavy (non-hydrogen) atoms. The zero-order valence-electron chi connectivity index (χ0n) is 9.21. The van der Waals surface area contributed by atoms with Crippen molar-refractivity contribution in [3.63, 3.8) is 0 Å². The predicted octanol–water partition coefficient (Wildman–Crippen LogP) is 1.39. The molecule has 0 radical (unpaired) electrons. The number of hydrogen-bond acceptors (Lipinski definition) is 5. The summed E-state index contributed by atoms with van der Waals surface area (Å²) in [6.45, 7) is 0.0676. The van der Waals surface area contributed by atoms with Crippen LogP contribution in [-0.4, -0.2) is 21.7 Å². The molecule has 3 N–H and O–H groups in total. The first kappa shape index (κ1) is 11.3. The van der Waals surface area contributed by atoms with Gasteiger partial charge in [0.15, 0.2) is 0 Å². The molecule has 0 unspecified atom stereocenters. The van der Waals surface area contributed by atoms with Crippen LogP contribution in [0.1, 0.15) is 5.56 Å². The van der Waals surface area contributed by atoms with E-state index in [-0.39, 0.29) is 12.6 Å². The molecule has 0 amide bonds. The van der Waals surface area contributed by atoms with Gasteiger partial charge in [0, 0.05) is 12.8 Å². The summed E-state index contributed by atoms with van der Waals surface area (Å²) in [6.07, 6.45) is 2.06. The molecule has 1 heterocycles. The smallest absolute Gasteiger partial charge is 0.323 e. The van der Waals surface area contributed by atoms with Gasteiger partial charge >= 0.3 is 6.01 Å². The molecule has 0 saturated heterocycles. The Morgan fingerprint density at radius 3 is 2.82 bits per heavy atom. The molecular formula is C12H13N3O2. The predicted molar refractivity (Wildman–Crippen MR) is 63.8 cm³/mol. The number of para-hydroxylation sites is 1. The van der Waals surface area contributed by atoms with E-state index in [1.807, 2.05) is 18.2 Å². The quantitative estimate of drug-likeness (QED) is 0.830. The monoisotopic (exact) mass is 231 g/mol. The number of rotatable bonds is 4. The van der Waals surface area contributed by atoms with Crippen LogP contribution >= 0.6 is 0 Å². The Hall–Kier alpha value is -2.14. The standard InChI is InChI=1S/C12H13N3O2/c13-11-5-7-14-12(15-11)17-10-4-2-1-3-9(10)6-8-16/h1-5,7,16H,6,8H2,(H2,13,14,15). The Labute approximate surface area is 98.9 Å². The Kier molecular flexibility index (Phi) is 3.52. The highest BCUT2D eigenvalue weighted by atomic mass is 16.5. The van der Waals surface area contributed by atoms with Gasteiger partial charge < -0.3 is 15.6 Å². The van der Waals surface area contributed by atoms with Crippen LogP contribution in [0.4, 0.5) is 5.82 Å². The van der Waals surface area contributed by atoms with Crippen LogP contribution in [0.15, 0.2) is 36.5 Å². The van der Waals surface area contributed by atoms with Crippen molar-refractivity contribution in [2.45, 2.75) is 6.42 Å². The Balaban J connectivity index is 2.23. The number of aliphatic hydroxyl groups is 1. The maximum atomic E-state index is 8.95. The van der Waals surface area contributed by atoms with E-state index in [4.69, 9.17) is 15.6 Å². The summed E-state index contributed by atoms with van der Waals surface area (Å²) in [4.78, 5) is 7.91. The van der Waals surface area contributed by atoms with Crippen molar-refractivity contribution in [3.05, 3.63) is 42.1 Å². The average Bonchev–Trinajstić information content (AvgIpc) is 2.32. The van der Waals surface area contributed by atoms with Crippen molar-refractivity contribution >= 4 is 5.82 Å². The van der Waals surface area contributed by atoms with Gasteiger partial charge in [-0.1, -0.05) is 18.2 Å². The number of anilines is 1. The highest BCUT2D eigenvalue weighted by molar-refractivity contribution is 5.36. The molecule has 0 spiro atoms. The fourth-order valence-corrected chi connectivity index (χ4v) is 1.43. The maximum absolute atomic E-state index is 8.95. The van der Waals surface area contributed by atoms with E-state index in [0.717, 1.165) is 5.56 Å². The van der Waals surface area contributed by atoms with Crippen molar-refractivity contribution in [1.29, 1.82) is 0 Å². The van der Waals surface area contributed by atoms with Gasteiger partial charge in [0.2, 0.25) is 0 Å². The molecular weight excluding hydrogens is 218 g/mol. The third-order valence-electron chi connectivity index (χ3n) is 2.21. The largest absolute Gasteiger partial charge is 0.424 e. The minimum Gasteiger partial charge on any atom is -0.424 e. The van der Waals surface area contributed by atoms with Crippen LogP contribution in [0, 0.1) is 0 Å². The maximum Gasteiger partial charge on any atom is 0.323 e. The molecule has 2 aromatic rings. The molecule has 5 nitrogen and oxygen atoms in total. The lowest BCUT2D eigenvalue weighted by atomic mass is 10.1. The lowest BCUT2D eigenvalue weighted by Gasteiger charge is -2.08. The van der Waals surface area contributed by atoms with Crippen molar-refractivity contribution in [1.82, 2.24) is 9.97 Å². The second kappa shape index (κ2) is 5.27. The molecule has 0 aliphatic carbocycles. The van der Waals surface area contributed by atoms with E-state index in [1.165, 1.54) is 6.20 Å². The lowest BCUT2D eigenvalue weighted by Crippen LogP contribution is -1.99. The number of hydrogen-bond donors (Lipinski definition) is 2.